The van der Waals surface area contributed by atoms with Gasteiger partial charge in [-0.3, -0.25) is 4.79 Å². The van der Waals surface area contributed by atoms with Crippen LogP contribution >= 0.6 is 0 Å². The first-order chi connectivity index (χ1) is 7.68. The Kier molecular flexibility index (Phi) is 2.09. The molecule has 86 valence electrons. The summed E-state index contributed by atoms with van der Waals surface area (Å²) in [6, 6.07) is 4.55. The maximum absolute atomic E-state index is 12.1. The molecule has 2 aliphatic rings. The zero-order chi connectivity index (χ0) is 11.3. The van der Waals surface area contributed by atoms with Crippen molar-refractivity contribution in [1.82, 2.24) is 9.47 Å². The first-order valence-corrected chi connectivity index (χ1v) is 6.15. The van der Waals surface area contributed by atoms with E-state index in [0.717, 1.165) is 25.9 Å². The third-order valence-electron chi connectivity index (χ3n) is 3.90. The molecule has 1 amide bonds. The third kappa shape index (κ3) is 1.38. The summed E-state index contributed by atoms with van der Waals surface area (Å²) < 4.78 is 2.33. The SMILES string of the molecule is Cc1ccc2n1CCN(C(=O)C1CC1)C2C. The van der Waals surface area contributed by atoms with Crippen molar-refractivity contribution in [2.24, 2.45) is 5.92 Å². The van der Waals surface area contributed by atoms with Crippen LogP contribution in [0.25, 0.3) is 0 Å². The van der Waals surface area contributed by atoms with Crippen LogP contribution in [0.15, 0.2) is 12.1 Å². The lowest BCUT2D eigenvalue weighted by molar-refractivity contribution is -0.135. The summed E-state index contributed by atoms with van der Waals surface area (Å²) in [6.45, 7) is 6.11. The molecule has 1 aliphatic heterocycles. The third-order valence-corrected chi connectivity index (χ3v) is 3.90. The van der Waals surface area contributed by atoms with Gasteiger partial charge >= 0.3 is 0 Å². The van der Waals surface area contributed by atoms with E-state index in [1.54, 1.807) is 0 Å². The molecule has 0 spiro atoms. The minimum Gasteiger partial charge on any atom is -0.345 e. The maximum atomic E-state index is 12.1. The molecule has 1 unspecified atom stereocenters. The van der Waals surface area contributed by atoms with Crippen LogP contribution in [0, 0.1) is 12.8 Å². The Morgan fingerprint density at radius 3 is 2.75 bits per heavy atom. The highest BCUT2D eigenvalue weighted by Gasteiger charge is 2.37. The summed E-state index contributed by atoms with van der Waals surface area (Å²) in [5.41, 5.74) is 2.60. The lowest BCUT2D eigenvalue weighted by atomic mass is 10.1. The molecule has 0 bridgehead atoms. The van der Waals surface area contributed by atoms with Gasteiger partial charge in [0.05, 0.1) is 6.04 Å². The highest BCUT2D eigenvalue weighted by Crippen LogP contribution is 2.35. The van der Waals surface area contributed by atoms with E-state index >= 15 is 0 Å². The number of aromatic nitrogens is 1. The van der Waals surface area contributed by atoms with E-state index in [4.69, 9.17) is 0 Å². The van der Waals surface area contributed by atoms with E-state index < -0.39 is 0 Å². The number of hydrogen-bond acceptors (Lipinski definition) is 1. The predicted molar refractivity (Wildman–Crippen MR) is 62.0 cm³/mol. The molecule has 0 N–H and O–H groups in total. The molecule has 2 heterocycles. The highest BCUT2D eigenvalue weighted by molar-refractivity contribution is 5.81. The first-order valence-electron chi connectivity index (χ1n) is 6.15. The lowest BCUT2D eigenvalue weighted by Gasteiger charge is -2.35. The van der Waals surface area contributed by atoms with Gasteiger partial charge in [0.15, 0.2) is 0 Å². The van der Waals surface area contributed by atoms with Crippen LogP contribution in [-0.4, -0.2) is 21.9 Å². The van der Waals surface area contributed by atoms with Crippen LogP contribution in [0.2, 0.25) is 0 Å². The zero-order valence-electron chi connectivity index (χ0n) is 9.94. The van der Waals surface area contributed by atoms with E-state index in [2.05, 4.69) is 35.4 Å². The van der Waals surface area contributed by atoms with E-state index in [0.29, 0.717) is 11.8 Å². The molecule has 1 aliphatic carbocycles. The topological polar surface area (TPSA) is 25.2 Å². The molecular weight excluding hydrogens is 200 g/mol. The number of amides is 1. The molecule has 0 radical (unpaired) electrons. The molecule has 3 nitrogen and oxygen atoms in total. The van der Waals surface area contributed by atoms with E-state index in [1.807, 2.05) is 0 Å². The van der Waals surface area contributed by atoms with Crippen molar-refractivity contribution in [1.29, 1.82) is 0 Å². The summed E-state index contributed by atoms with van der Waals surface area (Å²) >= 11 is 0. The standard InChI is InChI=1S/C13H18N2O/c1-9-3-6-12-10(2)15(8-7-14(9)12)13(16)11-4-5-11/h3,6,10-11H,4-5,7-8H2,1-2H3. The zero-order valence-corrected chi connectivity index (χ0v) is 9.94. The number of fused-ring (bicyclic) bond motifs is 1. The van der Waals surface area contributed by atoms with Crippen molar-refractivity contribution in [3.05, 3.63) is 23.5 Å². The van der Waals surface area contributed by atoms with Crippen molar-refractivity contribution in [3.8, 4) is 0 Å². The second-order valence-electron chi connectivity index (χ2n) is 5.03. The molecule has 1 saturated carbocycles. The molecule has 16 heavy (non-hydrogen) atoms. The average Bonchev–Trinajstić information content (AvgIpc) is 3.04. The Balaban J connectivity index is 1.88. The first kappa shape index (κ1) is 9.94. The fourth-order valence-electron chi connectivity index (χ4n) is 2.69. The van der Waals surface area contributed by atoms with Crippen LogP contribution < -0.4 is 0 Å². The Morgan fingerprint density at radius 2 is 2.06 bits per heavy atom. The maximum Gasteiger partial charge on any atom is 0.226 e. The van der Waals surface area contributed by atoms with Crippen LogP contribution in [0.1, 0.15) is 37.2 Å². The van der Waals surface area contributed by atoms with Crippen molar-refractivity contribution < 1.29 is 4.79 Å². The number of hydrogen-bond donors (Lipinski definition) is 0. The monoisotopic (exact) mass is 218 g/mol. The molecule has 1 aromatic rings. The van der Waals surface area contributed by atoms with Crippen molar-refractivity contribution in [2.45, 2.75) is 39.3 Å². The van der Waals surface area contributed by atoms with Crippen molar-refractivity contribution in [2.75, 3.05) is 6.54 Å². The van der Waals surface area contributed by atoms with Gasteiger partial charge in [0.25, 0.3) is 0 Å². The number of carbonyl (C=O) groups excluding carboxylic acids is 1. The van der Waals surface area contributed by atoms with E-state index in [9.17, 15) is 4.79 Å². The highest BCUT2D eigenvalue weighted by atomic mass is 16.2. The van der Waals surface area contributed by atoms with Gasteiger partial charge in [-0.25, -0.2) is 0 Å². The number of nitrogens with zero attached hydrogens (tertiary/aromatic N) is 2. The lowest BCUT2D eigenvalue weighted by Crippen LogP contribution is -2.41. The molecule has 3 rings (SSSR count). The summed E-state index contributed by atoms with van der Waals surface area (Å²) in [6.07, 6.45) is 2.20. The fourth-order valence-corrected chi connectivity index (χ4v) is 2.69. The molecule has 0 saturated heterocycles. The minimum atomic E-state index is 0.246. The van der Waals surface area contributed by atoms with Crippen LogP contribution in [-0.2, 0) is 11.3 Å². The summed E-state index contributed by atoms with van der Waals surface area (Å²) in [5, 5.41) is 0. The Labute approximate surface area is 96.0 Å². The molecular formula is C13H18N2O. The number of rotatable bonds is 1. The van der Waals surface area contributed by atoms with E-state index in [1.165, 1.54) is 11.4 Å². The van der Waals surface area contributed by atoms with E-state index in [-0.39, 0.29) is 6.04 Å². The summed E-state index contributed by atoms with van der Waals surface area (Å²) in [5.74, 6) is 0.711. The van der Waals surface area contributed by atoms with Gasteiger partial charge in [-0.2, -0.15) is 0 Å². The van der Waals surface area contributed by atoms with Crippen molar-refractivity contribution >= 4 is 5.91 Å². The van der Waals surface area contributed by atoms with Crippen molar-refractivity contribution in [3.63, 3.8) is 0 Å². The molecule has 3 heteroatoms. The van der Waals surface area contributed by atoms with Gasteiger partial charge in [0, 0.05) is 30.4 Å². The predicted octanol–water partition coefficient (Wildman–Crippen LogP) is 2.11. The summed E-state index contributed by atoms with van der Waals surface area (Å²) in [7, 11) is 0. The largest absolute Gasteiger partial charge is 0.345 e. The molecule has 0 aromatic carbocycles. The normalized spacial score (nSPS) is 24.4. The minimum absolute atomic E-state index is 0.246. The van der Waals surface area contributed by atoms with Gasteiger partial charge in [0.1, 0.15) is 0 Å². The molecule has 1 atom stereocenters. The Hall–Kier alpha value is -1.25. The van der Waals surface area contributed by atoms with Gasteiger partial charge in [0.2, 0.25) is 5.91 Å². The quantitative estimate of drug-likeness (QED) is 0.708. The molecule has 1 fully saturated rings. The van der Waals surface area contributed by atoms with Crippen LogP contribution in [0.3, 0.4) is 0 Å². The summed E-state index contributed by atoms with van der Waals surface area (Å²) in [4.78, 5) is 14.2. The van der Waals surface area contributed by atoms with Gasteiger partial charge < -0.3 is 9.47 Å². The number of carbonyl (C=O) groups is 1. The molecule has 1 aromatic heterocycles. The Bertz CT molecular complexity index is 431. The van der Waals surface area contributed by atoms with Gasteiger partial charge in [-0.1, -0.05) is 0 Å². The Morgan fingerprint density at radius 1 is 1.31 bits per heavy atom. The number of aryl methyl sites for hydroxylation is 1. The van der Waals surface area contributed by atoms with Crippen LogP contribution in [0.5, 0.6) is 0 Å². The van der Waals surface area contributed by atoms with Gasteiger partial charge in [-0.15, -0.1) is 0 Å². The fraction of sp³-hybridized carbons (Fsp3) is 0.615. The second-order valence-corrected chi connectivity index (χ2v) is 5.03. The second kappa shape index (κ2) is 3.37. The smallest absolute Gasteiger partial charge is 0.226 e. The van der Waals surface area contributed by atoms with Crippen LogP contribution in [0.4, 0.5) is 0 Å². The van der Waals surface area contributed by atoms with Gasteiger partial charge in [-0.05, 0) is 38.8 Å². The average molecular weight is 218 g/mol.